The minimum Gasteiger partial charge on any atom is -0.480 e. The normalized spacial score (nSPS) is 15.2. The second-order valence-corrected chi connectivity index (χ2v) is 8.08. The third-order valence-electron chi connectivity index (χ3n) is 5.92. The molecule has 9 nitrogen and oxygen atoms in total. The average Bonchev–Trinajstić information content (AvgIpc) is 3.15. The number of carboxylic acids is 1. The number of piperazine rings is 1. The minimum absolute atomic E-state index is 0.0346. The largest absolute Gasteiger partial charge is 0.480 e. The van der Waals surface area contributed by atoms with Crippen molar-refractivity contribution >= 4 is 23.9 Å². The fourth-order valence-corrected chi connectivity index (χ4v) is 4.28. The van der Waals surface area contributed by atoms with Crippen molar-refractivity contribution in [3.8, 4) is 11.1 Å². The van der Waals surface area contributed by atoms with Gasteiger partial charge in [-0.15, -0.1) is 0 Å². The van der Waals surface area contributed by atoms with Crippen LogP contribution < -0.4 is 5.32 Å². The van der Waals surface area contributed by atoms with Crippen LogP contribution in [0.4, 0.5) is 4.79 Å². The van der Waals surface area contributed by atoms with Gasteiger partial charge in [0.1, 0.15) is 19.7 Å². The zero-order valence-electron chi connectivity index (χ0n) is 18.5. The molecule has 0 bridgehead atoms. The van der Waals surface area contributed by atoms with Crippen molar-refractivity contribution in [2.24, 2.45) is 0 Å². The SMILES string of the molecule is O=C(O)CN1CCN(C(=O)/C=C/CNC(=O)OCC2c3ccccc3-c3ccccc32)CC1=O. The molecule has 0 aromatic heterocycles. The van der Waals surface area contributed by atoms with Crippen molar-refractivity contribution in [1.82, 2.24) is 15.1 Å². The number of alkyl carbamates (subject to hydrolysis) is 1. The molecule has 0 unspecified atom stereocenters. The number of nitrogens with zero attached hydrogens (tertiary/aromatic N) is 2. The molecule has 0 atom stereocenters. The first-order valence-corrected chi connectivity index (χ1v) is 11.0. The van der Waals surface area contributed by atoms with E-state index in [0.717, 1.165) is 22.3 Å². The van der Waals surface area contributed by atoms with Gasteiger partial charge in [0.2, 0.25) is 11.8 Å². The number of hydrogen-bond donors (Lipinski definition) is 2. The number of carbonyl (C=O) groups is 4. The predicted octanol–water partition coefficient (Wildman–Crippen LogP) is 1.84. The lowest BCUT2D eigenvalue weighted by atomic mass is 9.98. The highest BCUT2D eigenvalue weighted by atomic mass is 16.5. The minimum atomic E-state index is -1.09. The topological polar surface area (TPSA) is 116 Å². The van der Waals surface area contributed by atoms with Gasteiger partial charge in [0.05, 0.1) is 0 Å². The summed E-state index contributed by atoms with van der Waals surface area (Å²) in [5.41, 5.74) is 4.55. The van der Waals surface area contributed by atoms with E-state index >= 15 is 0 Å². The van der Waals surface area contributed by atoms with Gasteiger partial charge in [0, 0.05) is 31.6 Å². The number of fused-ring (bicyclic) bond motifs is 3. The maximum Gasteiger partial charge on any atom is 0.407 e. The number of ether oxygens (including phenoxy) is 1. The number of carboxylic acid groups (broad SMARTS) is 1. The van der Waals surface area contributed by atoms with Gasteiger partial charge in [-0.2, -0.15) is 0 Å². The van der Waals surface area contributed by atoms with Gasteiger partial charge >= 0.3 is 12.1 Å². The van der Waals surface area contributed by atoms with Gasteiger partial charge in [-0.25, -0.2) is 4.79 Å². The van der Waals surface area contributed by atoms with E-state index in [1.807, 2.05) is 36.4 Å². The molecule has 1 aliphatic carbocycles. The molecule has 176 valence electrons. The third kappa shape index (κ3) is 5.09. The molecule has 9 heteroatoms. The van der Waals surface area contributed by atoms with Crippen LogP contribution in [0.1, 0.15) is 17.0 Å². The molecule has 2 aromatic carbocycles. The molecule has 1 saturated heterocycles. The first-order chi connectivity index (χ1) is 16.4. The Bertz CT molecular complexity index is 1100. The lowest BCUT2D eigenvalue weighted by Crippen LogP contribution is -2.53. The standard InChI is InChI=1S/C25H25N3O6/c29-22(27-12-13-28(15-24(31)32)23(30)14-27)10-5-11-26-25(33)34-16-21-19-8-3-1-6-17(19)18-7-2-4-9-20(18)21/h1-10,21H,11-16H2,(H,26,33)(H,31,32)/b10-5+. The van der Waals surface area contributed by atoms with Crippen LogP contribution in [0.2, 0.25) is 0 Å². The Kier molecular flexibility index (Phi) is 6.91. The summed E-state index contributed by atoms with van der Waals surface area (Å²) >= 11 is 0. The Hall–Kier alpha value is -4.14. The van der Waals surface area contributed by atoms with Crippen molar-refractivity contribution in [2.75, 3.05) is 39.3 Å². The maximum atomic E-state index is 12.3. The van der Waals surface area contributed by atoms with E-state index in [-0.39, 0.29) is 51.2 Å². The lowest BCUT2D eigenvalue weighted by Gasteiger charge is -2.32. The summed E-state index contributed by atoms with van der Waals surface area (Å²) in [6.45, 7) is 0.169. The number of aliphatic carboxylic acids is 1. The number of benzene rings is 2. The molecule has 34 heavy (non-hydrogen) atoms. The quantitative estimate of drug-likeness (QED) is 0.606. The molecular weight excluding hydrogens is 438 g/mol. The molecule has 2 aromatic rings. The second-order valence-electron chi connectivity index (χ2n) is 8.08. The van der Waals surface area contributed by atoms with Gasteiger partial charge in [0.15, 0.2) is 0 Å². The summed E-state index contributed by atoms with van der Waals surface area (Å²) in [6, 6.07) is 16.1. The smallest absolute Gasteiger partial charge is 0.407 e. The number of nitrogens with one attached hydrogen (secondary N) is 1. The summed E-state index contributed by atoms with van der Waals surface area (Å²) in [7, 11) is 0. The highest BCUT2D eigenvalue weighted by Gasteiger charge is 2.29. The van der Waals surface area contributed by atoms with Crippen LogP contribution in [0.15, 0.2) is 60.7 Å². The second kappa shape index (κ2) is 10.2. The number of hydrogen-bond acceptors (Lipinski definition) is 5. The van der Waals surface area contributed by atoms with E-state index in [1.54, 1.807) is 0 Å². The summed E-state index contributed by atoms with van der Waals surface area (Å²) in [5.74, 6) is -1.91. The highest BCUT2D eigenvalue weighted by Crippen LogP contribution is 2.44. The molecule has 3 amide bonds. The van der Waals surface area contributed by atoms with E-state index in [1.165, 1.54) is 22.0 Å². The zero-order chi connectivity index (χ0) is 24.1. The fourth-order valence-electron chi connectivity index (χ4n) is 4.28. The van der Waals surface area contributed by atoms with Crippen LogP contribution in [0.5, 0.6) is 0 Å². The maximum absolute atomic E-state index is 12.3. The Balaban J connectivity index is 1.23. The van der Waals surface area contributed by atoms with Gasteiger partial charge in [-0.05, 0) is 22.3 Å². The van der Waals surface area contributed by atoms with Gasteiger partial charge in [0.25, 0.3) is 0 Å². The Morgan fingerprint density at radius 1 is 1.03 bits per heavy atom. The van der Waals surface area contributed by atoms with E-state index in [0.29, 0.717) is 0 Å². The van der Waals surface area contributed by atoms with Crippen LogP contribution in [0.3, 0.4) is 0 Å². The van der Waals surface area contributed by atoms with Crippen molar-refractivity contribution in [1.29, 1.82) is 0 Å². The van der Waals surface area contributed by atoms with Crippen LogP contribution >= 0.6 is 0 Å². The third-order valence-corrected chi connectivity index (χ3v) is 5.92. The summed E-state index contributed by atoms with van der Waals surface area (Å²) in [5, 5.41) is 11.4. The molecular formula is C25H25N3O6. The first-order valence-electron chi connectivity index (χ1n) is 11.0. The van der Waals surface area contributed by atoms with Gasteiger partial charge in [-0.1, -0.05) is 54.6 Å². The molecule has 0 radical (unpaired) electrons. The average molecular weight is 463 g/mol. The molecule has 1 heterocycles. The van der Waals surface area contributed by atoms with Gasteiger partial charge in [-0.3, -0.25) is 14.4 Å². The highest BCUT2D eigenvalue weighted by molar-refractivity contribution is 5.93. The van der Waals surface area contributed by atoms with Crippen LogP contribution in [-0.4, -0.2) is 78.1 Å². The van der Waals surface area contributed by atoms with E-state index < -0.39 is 18.0 Å². The summed E-state index contributed by atoms with van der Waals surface area (Å²) < 4.78 is 5.44. The number of amides is 3. The molecule has 4 rings (SSSR count). The Morgan fingerprint density at radius 2 is 1.68 bits per heavy atom. The van der Waals surface area contributed by atoms with Crippen LogP contribution in [0.25, 0.3) is 11.1 Å². The monoisotopic (exact) mass is 463 g/mol. The van der Waals surface area contributed by atoms with E-state index in [2.05, 4.69) is 17.4 Å². The molecule has 2 N–H and O–H groups in total. The number of rotatable bonds is 7. The fraction of sp³-hybridized carbons (Fsp3) is 0.280. The predicted molar refractivity (Wildman–Crippen MR) is 123 cm³/mol. The number of carbonyl (C=O) groups excluding carboxylic acids is 3. The van der Waals surface area contributed by atoms with E-state index in [9.17, 15) is 19.2 Å². The molecule has 0 saturated carbocycles. The lowest BCUT2D eigenvalue weighted by molar-refractivity contribution is -0.149. The summed E-state index contributed by atoms with van der Waals surface area (Å²) in [6.07, 6.45) is 2.18. The van der Waals surface area contributed by atoms with Gasteiger partial charge < -0.3 is 25.0 Å². The van der Waals surface area contributed by atoms with Crippen LogP contribution in [-0.2, 0) is 19.1 Å². The Morgan fingerprint density at radius 3 is 2.29 bits per heavy atom. The van der Waals surface area contributed by atoms with Crippen molar-refractivity contribution in [3.63, 3.8) is 0 Å². The van der Waals surface area contributed by atoms with Crippen molar-refractivity contribution in [3.05, 3.63) is 71.8 Å². The van der Waals surface area contributed by atoms with E-state index in [4.69, 9.17) is 9.84 Å². The molecule has 2 aliphatic rings. The Labute approximate surface area is 196 Å². The molecule has 1 aliphatic heterocycles. The summed E-state index contributed by atoms with van der Waals surface area (Å²) in [4.78, 5) is 49.7. The first kappa shape index (κ1) is 23.0. The molecule has 0 spiro atoms. The van der Waals surface area contributed by atoms with Crippen molar-refractivity contribution in [2.45, 2.75) is 5.92 Å². The molecule has 1 fully saturated rings. The van der Waals surface area contributed by atoms with Crippen molar-refractivity contribution < 1.29 is 29.0 Å². The zero-order valence-corrected chi connectivity index (χ0v) is 18.5. The van der Waals surface area contributed by atoms with Crippen LogP contribution in [0, 0.1) is 0 Å².